The Kier molecular flexibility index (Phi) is 7.00. The number of fused-ring (bicyclic) bond motifs is 1. The van der Waals surface area contributed by atoms with Crippen LogP contribution >= 0.6 is 0 Å². The van der Waals surface area contributed by atoms with Gasteiger partial charge in [0.1, 0.15) is 5.75 Å². The lowest BCUT2D eigenvalue weighted by Gasteiger charge is -2.19. The quantitative estimate of drug-likeness (QED) is 0.172. The molecule has 7 nitrogen and oxygen atoms in total. The van der Waals surface area contributed by atoms with Crippen LogP contribution in [0.15, 0.2) is 84.0 Å². The van der Waals surface area contributed by atoms with E-state index in [4.69, 9.17) is 0 Å². The molecular formula is C31H24F3N3O4. The smallest absolute Gasteiger partial charge is 0.416 e. The summed E-state index contributed by atoms with van der Waals surface area (Å²) in [5, 5.41) is 24.5. The lowest BCUT2D eigenvalue weighted by molar-refractivity contribution is -0.137. The van der Waals surface area contributed by atoms with Crippen molar-refractivity contribution in [3.63, 3.8) is 0 Å². The molecule has 1 aliphatic rings. The van der Waals surface area contributed by atoms with Gasteiger partial charge in [-0.3, -0.25) is 15.1 Å². The SMILES string of the molecule is CCc1ccc(N2C(=O)C(=NNc3cccc(-c4cccc(C(=O)O)c4)c3O)c3ccc(C(F)(F)F)cc32)cc1C. The number of nitrogens with one attached hydrogen (secondary N) is 1. The second-order valence-corrected chi connectivity index (χ2v) is 9.49. The Balaban J connectivity index is 1.56. The molecule has 4 aromatic carbocycles. The molecule has 0 spiro atoms. The molecule has 41 heavy (non-hydrogen) atoms. The fourth-order valence-corrected chi connectivity index (χ4v) is 4.81. The van der Waals surface area contributed by atoms with E-state index >= 15 is 0 Å². The predicted molar refractivity (Wildman–Crippen MR) is 150 cm³/mol. The third kappa shape index (κ3) is 5.11. The first-order valence-corrected chi connectivity index (χ1v) is 12.6. The van der Waals surface area contributed by atoms with Crippen LogP contribution in [0.25, 0.3) is 11.1 Å². The molecule has 0 bridgehead atoms. The molecule has 0 aromatic heterocycles. The molecule has 1 amide bonds. The number of anilines is 3. The van der Waals surface area contributed by atoms with Gasteiger partial charge >= 0.3 is 12.1 Å². The van der Waals surface area contributed by atoms with Crippen LogP contribution in [0.2, 0.25) is 0 Å². The summed E-state index contributed by atoms with van der Waals surface area (Å²) < 4.78 is 40.8. The van der Waals surface area contributed by atoms with Crippen molar-refractivity contribution in [2.45, 2.75) is 26.4 Å². The number of alkyl halides is 3. The molecule has 0 unspecified atom stereocenters. The first-order valence-electron chi connectivity index (χ1n) is 12.6. The maximum absolute atomic E-state index is 13.6. The van der Waals surface area contributed by atoms with E-state index in [1.807, 2.05) is 19.9 Å². The van der Waals surface area contributed by atoms with Crippen LogP contribution in [-0.2, 0) is 17.4 Å². The minimum Gasteiger partial charge on any atom is -0.505 e. The van der Waals surface area contributed by atoms with Crippen molar-refractivity contribution in [3.05, 3.63) is 107 Å². The van der Waals surface area contributed by atoms with E-state index in [1.165, 1.54) is 29.2 Å². The third-order valence-electron chi connectivity index (χ3n) is 6.94. The number of aryl methyl sites for hydroxylation is 2. The van der Waals surface area contributed by atoms with Gasteiger partial charge in [-0.1, -0.05) is 37.3 Å². The van der Waals surface area contributed by atoms with E-state index in [0.717, 1.165) is 29.7 Å². The van der Waals surface area contributed by atoms with Crippen molar-refractivity contribution in [1.82, 2.24) is 0 Å². The van der Waals surface area contributed by atoms with Gasteiger partial charge in [0.15, 0.2) is 5.71 Å². The number of aromatic hydroxyl groups is 1. The van der Waals surface area contributed by atoms with Gasteiger partial charge in [-0.15, -0.1) is 0 Å². The van der Waals surface area contributed by atoms with Gasteiger partial charge in [-0.2, -0.15) is 18.3 Å². The molecular weight excluding hydrogens is 535 g/mol. The summed E-state index contributed by atoms with van der Waals surface area (Å²) in [4.78, 5) is 26.2. The summed E-state index contributed by atoms with van der Waals surface area (Å²) in [6.07, 6.45) is -3.86. The number of hydrogen-bond donors (Lipinski definition) is 3. The molecule has 0 saturated heterocycles. The highest BCUT2D eigenvalue weighted by atomic mass is 19.4. The minimum absolute atomic E-state index is 0.0363. The number of nitrogens with zero attached hydrogens (tertiary/aromatic N) is 2. The molecule has 3 N–H and O–H groups in total. The number of aromatic carboxylic acids is 1. The summed E-state index contributed by atoms with van der Waals surface area (Å²) in [6, 6.07) is 19.0. The van der Waals surface area contributed by atoms with Gasteiger partial charge in [0.25, 0.3) is 5.91 Å². The number of phenolic OH excluding ortho intramolecular Hbond substituents is 1. The van der Waals surface area contributed by atoms with E-state index < -0.39 is 23.6 Å². The first kappa shape index (κ1) is 27.4. The van der Waals surface area contributed by atoms with Crippen LogP contribution in [0.3, 0.4) is 0 Å². The highest BCUT2D eigenvalue weighted by molar-refractivity contribution is 6.55. The Morgan fingerprint density at radius 1 is 0.976 bits per heavy atom. The number of amides is 1. The molecule has 0 atom stereocenters. The summed E-state index contributed by atoms with van der Waals surface area (Å²) in [5.41, 5.74) is 5.11. The van der Waals surface area contributed by atoms with Gasteiger partial charge in [0, 0.05) is 16.8 Å². The minimum atomic E-state index is -4.62. The second-order valence-electron chi connectivity index (χ2n) is 9.49. The summed E-state index contributed by atoms with van der Waals surface area (Å²) >= 11 is 0. The van der Waals surface area contributed by atoms with Crippen LogP contribution < -0.4 is 10.3 Å². The van der Waals surface area contributed by atoms with E-state index in [-0.39, 0.29) is 34.0 Å². The molecule has 4 aromatic rings. The normalized spacial score (nSPS) is 13.9. The number of rotatable bonds is 6. The topological polar surface area (TPSA) is 102 Å². The van der Waals surface area contributed by atoms with E-state index in [0.29, 0.717) is 16.8 Å². The van der Waals surface area contributed by atoms with Crippen LogP contribution in [0.4, 0.5) is 30.2 Å². The summed E-state index contributed by atoms with van der Waals surface area (Å²) in [5.74, 6) is -2.01. The number of carboxylic acids is 1. The van der Waals surface area contributed by atoms with Crippen molar-refractivity contribution in [3.8, 4) is 16.9 Å². The molecule has 0 saturated carbocycles. The molecule has 0 radical (unpaired) electrons. The zero-order chi connectivity index (χ0) is 29.5. The second kappa shape index (κ2) is 10.5. The van der Waals surface area contributed by atoms with Gasteiger partial charge < -0.3 is 10.2 Å². The molecule has 208 valence electrons. The van der Waals surface area contributed by atoms with Gasteiger partial charge in [0.2, 0.25) is 0 Å². The predicted octanol–water partition coefficient (Wildman–Crippen LogP) is 7.14. The van der Waals surface area contributed by atoms with Crippen molar-refractivity contribution < 1.29 is 33.0 Å². The van der Waals surface area contributed by atoms with Crippen molar-refractivity contribution in [2.75, 3.05) is 10.3 Å². The lowest BCUT2D eigenvalue weighted by Crippen LogP contribution is -2.26. The fourth-order valence-electron chi connectivity index (χ4n) is 4.81. The molecule has 5 rings (SSSR count). The number of hydrogen-bond acceptors (Lipinski definition) is 5. The number of carbonyl (C=O) groups is 2. The molecule has 1 aliphatic heterocycles. The Labute approximate surface area is 233 Å². The molecule has 1 heterocycles. The van der Waals surface area contributed by atoms with Crippen molar-refractivity contribution >= 4 is 34.7 Å². The summed E-state index contributed by atoms with van der Waals surface area (Å²) in [6.45, 7) is 3.85. The lowest BCUT2D eigenvalue weighted by atomic mass is 10.0. The fraction of sp³-hybridized carbons (Fsp3) is 0.129. The maximum Gasteiger partial charge on any atom is 0.416 e. The Morgan fingerprint density at radius 3 is 2.41 bits per heavy atom. The molecule has 0 aliphatic carbocycles. The zero-order valence-corrected chi connectivity index (χ0v) is 22.0. The average molecular weight is 560 g/mol. The van der Waals surface area contributed by atoms with Gasteiger partial charge in [-0.25, -0.2) is 4.79 Å². The van der Waals surface area contributed by atoms with Gasteiger partial charge in [-0.05, 0) is 78.6 Å². The van der Waals surface area contributed by atoms with Crippen LogP contribution in [-0.4, -0.2) is 27.8 Å². The standard InChI is InChI=1S/C31H24F3N3O4/c1-3-18-10-12-22(14-17(18)2)37-26-16-21(31(32,33)34)11-13-24(26)27(29(37)39)36-35-25-9-5-8-23(28(25)38)19-6-4-7-20(15-19)30(40)41/h4-16,35,38H,3H2,1-2H3,(H,40,41). The number of halogens is 3. The van der Waals surface area contributed by atoms with Crippen LogP contribution in [0, 0.1) is 6.92 Å². The number of hydrazone groups is 1. The number of para-hydroxylation sites is 1. The zero-order valence-electron chi connectivity index (χ0n) is 22.0. The highest BCUT2D eigenvalue weighted by Gasteiger charge is 2.39. The Bertz CT molecular complexity index is 1730. The average Bonchev–Trinajstić information content (AvgIpc) is 3.22. The van der Waals surface area contributed by atoms with E-state index in [2.05, 4.69) is 10.5 Å². The van der Waals surface area contributed by atoms with Crippen LogP contribution in [0.5, 0.6) is 5.75 Å². The van der Waals surface area contributed by atoms with E-state index in [1.54, 1.807) is 36.4 Å². The van der Waals surface area contributed by atoms with Crippen molar-refractivity contribution in [2.24, 2.45) is 5.10 Å². The third-order valence-corrected chi connectivity index (χ3v) is 6.94. The number of carbonyl (C=O) groups excluding carboxylic acids is 1. The Hall–Kier alpha value is -5.12. The summed E-state index contributed by atoms with van der Waals surface area (Å²) in [7, 11) is 0. The molecule has 0 fully saturated rings. The number of phenols is 1. The Morgan fingerprint density at radius 2 is 1.73 bits per heavy atom. The maximum atomic E-state index is 13.6. The number of carboxylic acid groups (broad SMARTS) is 1. The van der Waals surface area contributed by atoms with Crippen LogP contribution in [0.1, 0.15) is 39.5 Å². The first-order chi connectivity index (χ1) is 19.5. The van der Waals surface area contributed by atoms with E-state index in [9.17, 15) is 33.0 Å². The van der Waals surface area contributed by atoms with Gasteiger partial charge in [0.05, 0.1) is 22.5 Å². The highest BCUT2D eigenvalue weighted by Crippen LogP contribution is 2.41. The largest absolute Gasteiger partial charge is 0.505 e. The molecule has 10 heteroatoms. The van der Waals surface area contributed by atoms with Crippen molar-refractivity contribution in [1.29, 1.82) is 0 Å². The monoisotopic (exact) mass is 559 g/mol. The number of benzene rings is 4.